The molecule has 1 fully saturated rings. The summed E-state index contributed by atoms with van der Waals surface area (Å²) < 4.78 is 5.65. The predicted molar refractivity (Wildman–Crippen MR) is 71.5 cm³/mol. The van der Waals surface area contributed by atoms with Gasteiger partial charge in [-0.2, -0.15) is 0 Å². The van der Waals surface area contributed by atoms with Crippen LogP contribution in [0.4, 0.5) is 0 Å². The maximum Gasteiger partial charge on any atom is 0.227 e. The Labute approximate surface area is 109 Å². The van der Waals surface area contributed by atoms with Crippen LogP contribution in [-0.2, 0) is 16.0 Å². The molecule has 1 heterocycles. The average molecular weight is 247 g/mol. The van der Waals surface area contributed by atoms with E-state index in [1.165, 1.54) is 5.56 Å². The van der Waals surface area contributed by atoms with E-state index in [0.29, 0.717) is 19.5 Å². The van der Waals surface area contributed by atoms with Gasteiger partial charge >= 0.3 is 0 Å². The molecule has 2 atom stereocenters. The fourth-order valence-corrected chi connectivity index (χ4v) is 2.46. The highest BCUT2D eigenvalue weighted by Crippen LogP contribution is 2.14. The predicted octanol–water partition coefficient (Wildman–Crippen LogP) is 2.17. The molecule has 0 aromatic heterocycles. The third kappa shape index (κ3) is 3.10. The van der Waals surface area contributed by atoms with Crippen molar-refractivity contribution in [1.29, 1.82) is 0 Å². The number of aryl methyl sites for hydroxylation is 1. The number of hydrogen-bond donors (Lipinski definition) is 0. The van der Waals surface area contributed by atoms with Gasteiger partial charge in [0.2, 0.25) is 5.91 Å². The molecule has 2 rings (SSSR count). The van der Waals surface area contributed by atoms with E-state index in [9.17, 15) is 4.79 Å². The van der Waals surface area contributed by atoms with Crippen LogP contribution in [-0.4, -0.2) is 36.1 Å². The van der Waals surface area contributed by atoms with Crippen LogP contribution < -0.4 is 0 Å². The van der Waals surface area contributed by atoms with Gasteiger partial charge in [-0.1, -0.05) is 24.3 Å². The van der Waals surface area contributed by atoms with Gasteiger partial charge in [-0.15, -0.1) is 0 Å². The SMILES string of the molecule is Cc1ccccc1CC(=O)N1C[C@@H](C)O[C@H](C)C1. The maximum absolute atomic E-state index is 12.3. The molecule has 3 heteroatoms. The van der Waals surface area contributed by atoms with Crippen LogP contribution in [0.2, 0.25) is 0 Å². The van der Waals surface area contributed by atoms with E-state index in [1.807, 2.05) is 49.9 Å². The molecule has 0 bridgehead atoms. The highest BCUT2D eigenvalue weighted by Gasteiger charge is 2.25. The number of ether oxygens (including phenoxy) is 1. The molecule has 0 unspecified atom stereocenters. The van der Waals surface area contributed by atoms with Crippen molar-refractivity contribution in [1.82, 2.24) is 4.90 Å². The Morgan fingerprint density at radius 1 is 1.28 bits per heavy atom. The Hall–Kier alpha value is -1.35. The third-order valence-electron chi connectivity index (χ3n) is 3.38. The summed E-state index contributed by atoms with van der Waals surface area (Å²) in [6.45, 7) is 7.49. The van der Waals surface area contributed by atoms with Crippen molar-refractivity contribution >= 4 is 5.91 Å². The summed E-state index contributed by atoms with van der Waals surface area (Å²) in [6.07, 6.45) is 0.760. The molecule has 1 aromatic carbocycles. The van der Waals surface area contributed by atoms with Crippen LogP contribution in [0.1, 0.15) is 25.0 Å². The standard InChI is InChI=1S/C15H21NO2/c1-11-6-4-5-7-14(11)8-15(17)16-9-12(2)18-13(3)10-16/h4-7,12-13H,8-10H2,1-3H3/t12-,13-/m1/s1. The van der Waals surface area contributed by atoms with Gasteiger partial charge in [0.15, 0.2) is 0 Å². The smallest absolute Gasteiger partial charge is 0.227 e. The highest BCUT2D eigenvalue weighted by atomic mass is 16.5. The first-order valence-electron chi connectivity index (χ1n) is 6.54. The number of carbonyl (C=O) groups is 1. The molecule has 0 saturated carbocycles. The molecule has 18 heavy (non-hydrogen) atoms. The number of amides is 1. The van der Waals surface area contributed by atoms with Gasteiger partial charge in [0.25, 0.3) is 0 Å². The van der Waals surface area contributed by atoms with E-state index in [-0.39, 0.29) is 18.1 Å². The Morgan fingerprint density at radius 2 is 1.89 bits per heavy atom. The summed E-state index contributed by atoms with van der Waals surface area (Å²) in [6, 6.07) is 8.07. The van der Waals surface area contributed by atoms with Crippen LogP contribution in [0, 0.1) is 6.92 Å². The highest BCUT2D eigenvalue weighted by molar-refractivity contribution is 5.79. The normalized spacial score (nSPS) is 24.1. The largest absolute Gasteiger partial charge is 0.372 e. The van der Waals surface area contributed by atoms with Crippen molar-refractivity contribution in [2.45, 2.75) is 39.4 Å². The summed E-state index contributed by atoms with van der Waals surface area (Å²) in [7, 11) is 0. The number of morpholine rings is 1. The molecule has 1 aromatic rings. The van der Waals surface area contributed by atoms with Crippen LogP contribution in [0.3, 0.4) is 0 Å². The second-order valence-electron chi connectivity index (χ2n) is 5.16. The van der Waals surface area contributed by atoms with Crippen molar-refractivity contribution in [2.75, 3.05) is 13.1 Å². The first-order chi connectivity index (χ1) is 8.56. The molecule has 1 aliphatic heterocycles. The van der Waals surface area contributed by atoms with E-state index in [0.717, 1.165) is 5.56 Å². The van der Waals surface area contributed by atoms with E-state index in [1.54, 1.807) is 0 Å². The molecule has 3 nitrogen and oxygen atoms in total. The second-order valence-corrected chi connectivity index (χ2v) is 5.16. The molecule has 0 spiro atoms. The Balaban J connectivity index is 2.02. The van der Waals surface area contributed by atoms with Gasteiger partial charge in [0, 0.05) is 13.1 Å². The molecule has 1 aliphatic rings. The summed E-state index contributed by atoms with van der Waals surface area (Å²) in [4.78, 5) is 14.2. The molecular weight excluding hydrogens is 226 g/mol. The van der Waals surface area contributed by atoms with E-state index in [2.05, 4.69) is 0 Å². The van der Waals surface area contributed by atoms with Crippen LogP contribution in [0.25, 0.3) is 0 Å². The van der Waals surface area contributed by atoms with Gasteiger partial charge in [-0.05, 0) is 31.9 Å². The Morgan fingerprint density at radius 3 is 2.50 bits per heavy atom. The van der Waals surface area contributed by atoms with Gasteiger partial charge < -0.3 is 9.64 Å². The fourth-order valence-electron chi connectivity index (χ4n) is 2.46. The maximum atomic E-state index is 12.3. The van der Waals surface area contributed by atoms with E-state index < -0.39 is 0 Å². The van der Waals surface area contributed by atoms with Crippen LogP contribution >= 0.6 is 0 Å². The molecule has 98 valence electrons. The number of nitrogens with zero attached hydrogens (tertiary/aromatic N) is 1. The number of hydrogen-bond acceptors (Lipinski definition) is 2. The first-order valence-corrected chi connectivity index (χ1v) is 6.54. The molecule has 0 radical (unpaired) electrons. The van der Waals surface area contributed by atoms with Crippen LogP contribution in [0.5, 0.6) is 0 Å². The lowest BCUT2D eigenvalue weighted by molar-refractivity contribution is -0.142. The lowest BCUT2D eigenvalue weighted by Gasteiger charge is -2.35. The number of benzene rings is 1. The Kier molecular flexibility index (Phi) is 4.02. The average Bonchev–Trinajstić information content (AvgIpc) is 2.31. The Bertz CT molecular complexity index is 420. The first kappa shape index (κ1) is 13.1. The van der Waals surface area contributed by atoms with Gasteiger partial charge in [-0.25, -0.2) is 0 Å². The minimum Gasteiger partial charge on any atom is -0.372 e. The van der Waals surface area contributed by atoms with Gasteiger partial charge in [-0.3, -0.25) is 4.79 Å². The summed E-state index contributed by atoms with van der Waals surface area (Å²) >= 11 is 0. The minimum atomic E-state index is 0.134. The molecule has 1 saturated heterocycles. The van der Waals surface area contributed by atoms with Crippen molar-refractivity contribution < 1.29 is 9.53 Å². The van der Waals surface area contributed by atoms with Crippen molar-refractivity contribution in [3.8, 4) is 0 Å². The zero-order valence-electron chi connectivity index (χ0n) is 11.3. The summed E-state index contributed by atoms with van der Waals surface area (Å²) in [5.41, 5.74) is 2.30. The fraction of sp³-hybridized carbons (Fsp3) is 0.533. The molecule has 1 amide bonds. The van der Waals surface area contributed by atoms with Crippen molar-refractivity contribution in [2.24, 2.45) is 0 Å². The van der Waals surface area contributed by atoms with E-state index in [4.69, 9.17) is 4.74 Å². The lowest BCUT2D eigenvalue weighted by Crippen LogP contribution is -2.48. The molecule has 0 aliphatic carbocycles. The second kappa shape index (κ2) is 5.53. The van der Waals surface area contributed by atoms with Crippen molar-refractivity contribution in [3.63, 3.8) is 0 Å². The number of carbonyl (C=O) groups excluding carboxylic acids is 1. The van der Waals surface area contributed by atoms with Gasteiger partial charge in [0.05, 0.1) is 18.6 Å². The van der Waals surface area contributed by atoms with Gasteiger partial charge in [0.1, 0.15) is 0 Å². The van der Waals surface area contributed by atoms with E-state index >= 15 is 0 Å². The third-order valence-corrected chi connectivity index (χ3v) is 3.38. The van der Waals surface area contributed by atoms with Crippen LogP contribution in [0.15, 0.2) is 24.3 Å². The summed E-state index contributed by atoms with van der Waals surface area (Å²) in [5, 5.41) is 0. The monoisotopic (exact) mass is 247 g/mol. The molecular formula is C15H21NO2. The quantitative estimate of drug-likeness (QED) is 0.801. The lowest BCUT2D eigenvalue weighted by atomic mass is 10.0. The molecule has 0 N–H and O–H groups in total. The zero-order valence-corrected chi connectivity index (χ0v) is 11.3. The van der Waals surface area contributed by atoms with Crippen molar-refractivity contribution in [3.05, 3.63) is 35.4 Å². The summed E-state index contributed by atoms with van der Waals surface area (Å²) in [5.74, 6) is 0.200. The zero-order chi connectivity index (χ0) is 13.1. The minimum absolute atomic E-state index is 0.134. The topological polar surface area (TPSA) is 29.5 Å². The number of rotatable bonds is 2.